The third kappa shape index (κ3) is 3.14. The second-order valence-electron chi connectivity index (χ2n) is 2.08. The Morgan fingerprint density at radius 3 is 2.50 bits per heavy atom. The summed E-state index contributed by atoms with van der Waals surface area (Å²) >= 11 is 0. The van der Waals surface area contributed by atoms with Crippen LogP contribution in [-0.2, 0) is 13.9 Å². The molecule has 2 unspecified atom stereocenters. The Bertz CT molecular complexity index is 144. The van der Waals surface area contributed by atoms with Crippen molar-refractivity contribution in [3.8, 4) is 0 Å². The highest BCUT2D eigenvalue weighted by Crippen LogP contribution is 2.28. The van der Waals surface area contributed by atoms with Crippen LogP contribution in [0.5, 0.6) is 0 Å². The van der Waals surface area contributed by atoms with Crippen LogP contribution in [0.15, 0.2) is 0 Å². The van der Waals surface area contributed by atoms with Crippen LogP contribution in [0.4, 0.5) is 0 Å². The first kappa shape index (κ1) is 9.86. The average Bonchev–Trinajstić information content (AvgIpc) is 1.87. The molecule has 0 aliphatic carbocycles. The van der Waals surface area contributed by atoms with Gasteiger partial charge in [-0.15, -0.1) is 0 Å². The fourth-order valence-corrected chi connectivity index (χ4v) is 1.30. The summed E-state index contributed by atoms with van der Waals surface area (Å²) in [5.41, 5.74) is -0.426. The molecule has 0 radical (unpaired) electrons. The van der Waals surface area contributed by atoms with Gasteiger partial charge in [-0.05, 0) is 20.8 Å². The molecule has 0 saturated carbocycles. The molecule has 2 atom stereocenters. The van der Waals surface area contributed by atoms with Gasteiger partial charge >= 0.3 is 0 Å². The lowest BCUT2D eigenvalue weighted by molar-refractivity contribution is -0.116. The zero-order valence-electron chi connectivity index (χ0n) is 6.51. The summed E-state index contributed by atoms with van der Waals surface area (Å²) in [4.78, 5) is 10.6. The first-order valence-electron chi connectivity index (χ1n) is 3.26. The van der Waals surface area contributed by atoms with E-state index in [2.05, 4.69) is 0 Å². The molecule has 0 amide bonds. The third-order valence-electron chi connectivity index (χ3n) is 1.25. The lowest BCUT2D eigenvalue weighted by Crippen LogP contribution is -2.08. The maximum atomic E-state index is 10.9. The summed E-state index contributed by atoms with van der Waals surface area (Å²) in [7, 11) is -2.12. The molecular weight excluding hydrogens is 151 g/mol. The van der Waals surface area contributed by atoms with E-state index >= 15 is 0 Å². The first-order valence-corrected chi connectivity index (χ1v) is 4.66. The van der Waals surface area contributed by atoms with Crippen molar-refractivity contribution in [3.63, 3.8) is 0 Å². The summed E-state index contributed by atoms with van der Waals surface area (Å²) < 4.78 is 15.7. The predicted molar refractivity (Wildman–Crippen MR) is 40.8 cm³/mol. The second-order valence-corrected chi connectivity index (χ2v) is 3.88. The molecule has 0 saturated heterocycles. The Hall–Kier alpha value is -0.140. The molecule has 0 N–H and O–H groups in total. The van der Waals surface area contributed by atoms with E-state index in [-0.39, 0.29) is 5.78 Å². The largest absolute Gasteiger partial charge is 0.330 e. The summed E-state index contributed by atoms with van der Waals surface area (Å²) in [6, 6.07) is 0. The molecule has 0 aliphatic rings. The number of rotatable bonds is 4. The summed E-state index contributed by atoms with van der Waals surface area (Å²) in [6.07, 6.45) is 0. The average molecular weight is 164 g/mol. The number of carbonyl (C=O) groups excluding carboxylic acids is 1. The molecule has 0 aromatic carbocycles. The van der Waals surface area contributed by atoms with E-state index in [4.69, 9.17) is 4.52 Å². The summed E-state index contributed by atoms with van der Waals surface area (Å²) in [5, 5.41) is 0. The van der Waals surface area contributed by atoms with Gasteiger partial charge in [-0.3, -0.25) is 9.36 Å². The Labute approximate surface area is 61.6 Å². The van der Waals surface area contributed by atoms with Crippen LogP contribution in [-0.4, -0.2) is 18.0 Å². The molecule has 0 rings (SSSR count). The first-order chi connectivity index (χ1) is 4.59. The highest BCUT2D eigenvalue weighted by molar-refractivity contribution is 7.41. The zero-order valence-corrected chi connectivity index (χ0v) is 7.51. The van der Waals surface area contributed by atoms with E-state index in [1.165, 1.54) is 6.92 Å². The molecule has 0 spiro atoms. The van der Waals surface area contributed by atoms with Crippen molar-refractivity contribution < 1.29 is 13.9 Å². The lowest BCUT2D eigenvalue weighted by Gasteiger charge is -2.05. The smallest absolute Gasteiger partial charge is 0.201 e. The number of hydrogen-bond acceptors (Lipinski definition) is 3. The van der Waals surface area contributed by atoms with Crippen molar-refractivity contribution in [2.24, 2.45) is 0 Å². The molecule has 3 nitrogen and oxygen atoms in total. The predicted octanol–water partition coefficient (Wildman–Crippen LogP) is 1.48. The van der Waals surface area contributed by atoms with E-state index in [9.17, 15) is 9.36 Å². The minimum atomic E-state index is -2.12. The molecule has 10 heavy (non-hydrogen) atoms. The maximum absolute atomic E-state index is 10.9. The van der Waals surface area contributed by atoms with Crippen molar-refractivity contribution in [1.82, 2.24) is 0 Å². The Balaban J connectivity index is 3.82. The standard InChI is InChI=1S/C6H13O3P/c1-4-9-10(8)6(3)5(2)7/h6,10H,4H2,1-3H3. The van der Waals surface area contributed by atoms with Gasteiger partial charge in [0.15, 0.2) is 0 Å². The molecule has 0 aliphatic heterocycles. The topological polar surface area (TPSA) is 43.4 Å². The number of Topliss-reactive ketones (excluding diaryl/α,β-unsaturated/α-hetero) is 1. The SMILES string of the molecule is CCO[PH](=O)C(C)C(C)=O. The van der Waals surface area contributed by atoms with Crippen molar-refractivity contribution in [1.29, 1.82) is 0 Å². The van der Waals surface area contributed by atoms with Crippen LogP contribution < -0.4 is 0 Å². The van der Waals surface area contributed by atoms with Gasteiger partial charge < -0.3 is 4.52 Å². The fraction of sp³-hybridized carbons (Fsp3) is 0.833. The van der Waals surface area contributed by atoms with Gasteiger partial charge in [-0.25, -0.2) is 0 Å². The maximum Gasteiger partial charge on any atom is 0.201 e. The van der Waals surface area contributed by atoms with E-state index < -0.39 is 13.7 Å². The number of hydrogen-bond donors (Lipinski definition) is 0. The number of carbonyl (C=O) groups is 1. The molecule has 60 valence electrons. The van der Waals surface area contributed by atoms with Crippen LogP contribution >= 0.6 is 8.03 Å². The summed E-state index contributed by atoms with van der Waals surface area (Å²) in [6.45, 7) is 5.22. The Morgan fingerprint density at radius 2 is 2.20 bits per heavy atom. The van der Waals surface area contributed by atoms with Gasteiger partial charge in [0.05, 0.1) is 12.3 Å². The van der Waals surface area contributed by atoms with E-state index in [0.29, 0.717) is 6.61 Å². The van der Waals surface area contributed by atoms with Crippen molar-refractivity contribution in [3.05, 3.63) is 0 Å². The third-order valence-corrected chi connectivity index (χ3v) is 2.94. The van der Waals surface area contributed by atoms with Gasteiger partial charge in [-0.2, -0.15) is 0 Å². The van der Waals surface area contributed by atoms with E-state index in [1.54, 1.807) is 13.8 Å². The molecular formula is C6H13O3P. The molecule has 0 heterocycles. The van der Waals surface area contributed by atoms with Crippen molar-refractivity contribution in [2.45, 2.75) is 26.4 Å². The van der Waals surface area contributed by atoms with Crippen molar-refractivity contribution in [2.75, 3.05) is 6.61 Å². The fourth-order valence-electron chi connectivity index (χ4n) is 0.433. The van der Waals surface area contributed by atoms with Crippen LogP contribution in [0.3, 0.4) is 0 Å². The Morgan fingerprint density at radius 1 is 1.70 bits per heavy atom. The highest BCUT2D eigenvalue weighted by Gasteiger charge is 2.14. The molecule has 0 bridgehead atoms. The van der Waals surface area contributed by atoms with Crippen LogP contribution in [0, 0.1) is 0 Å². The van der Waals surface area contributed by atoms with E-state index in [1.807, 2.05) is 0 Å². The van der Waals surface area contributed by atoms with Crippen LogP contribution in [0.25, 0.3) is 0 Å². The normalized spacial score (nSPS) is 16.3. The zero-order chi connectivity index (χ0) is 8.15. The van der Waals surface area contributed by atoms with Gasteiger partial charge in [0.2, 0.25) is 8.03 Å². The molecule has 0 aromatic heterocycles. The highest BCUT2D eigenvalue weighted by atomic mass is 31.1. The monoisotopic (exact) mass is 164 g/mol. The lowest BCUT2D eigenvalue weighted by atomic mass is 10.3. The van der Waals surface area contributed by atoms with Gasteiger partial charge in [0.1, 0.15) is 5.78 Å². The molecule has 0 aromatic rings. The van der Waals surface area contributed by atoms with Gasteiger partial charge in [-0.1, -0.05) is 0 Å². The molecule has 0 fully saturated rings. The van der Waals surface area contributed by atoms with Crippen LogP contribution in [0.1, 0.15) is 20.8 Å². The van der Waals surface area contributed by atoms with Gasteiger partial charge in [0, 0.05) is 0 Å². The van der Waals surface area contributed by atoms with E-state index in [0.717, 1.165) is 0 Å². The van der Waals surface area contributed by atoms with Crippen LogP contribution in [0.2, 0.25) is 0 Å². The second kappa shape index (κ2) is 4.64. The summed E-state index contributed by atoms with van der Waals surface area (Å²) in [5.74, 6) is -0.0719. The minimum absolute atomic E-state index is 0.0719. The van der Waals surface area contributed by atoms with Gasteiger partial charge in [0.25, 0.3) is 0 Å². The Kier molecular flexibility index (Phi) is 4.58. The molecule has 4 heteroatoms. The minimum Gasteiger partial charge on any atom is -0.330 e. The van der Waals surface area contributed by atoms with Crippen molar-refractivity contribution >= 4 is 13.8 Å². The quantitative estimate of drug-likeness (QED) is 0.591. The number of ketones is 1.